The lowest BCUT2D eigenvalue weighted by Gasteiger charge is -1.97. The van der Waals surface area contributed by atoms with Crippen molar-refractivity contribution in [3.8, 4) is 11.1 Å². The molecule has 0 aliphatic rings. The number of benzene rings is 1. The highest BCUT2D eigenvalue weighted by Gasteiger charge is 2.01. The van der Waals surface area contributed by atoms with Gasteiger partial charge in [0.1, 0.15) is 0 Å². The first-order chi connectivity index (χ1) is 7.33. The van der Waals surface area contributed by atoms with E-state index in [4.69, 9.17) is 0 Å². The van der Waals surface area contributed by atoms with Crippen molar-refractivity contribution < 1.29 is 4.79 Å². The summed E-state index contributed by atoms with van der Waals surface area (Å²) in [7, 11) is 0. The fraction of sp³-hybridized carbons (Fsp3) is 0. The SMILES string of the molecule is C=Cc1ccc(-c2csc(C=O)c2)cc1. The Morgan fingerprint density at radius 2 is 1.87 bits per heavy atom. The summed E-state index contributed by atoms with van der Waals surface area (Å²) in [5, 5.41) is 1.99. The van der Waals surface area contributed by atoms with E-state index in [1.54, 1.807) is 0 Å². The Balaban J connectivity index is 2.36. The summed E-state index contributed by atoms with van der Waals surface area (Å²) in [6.45, 7) is 3.71. The molecule has 74 valence electrons. The molecule has 1 aromatic carbocycles. The van der Waals surface area contributed by atoms with E-state index < -0.39 is 0 Å². The predicted octanol–water partition coefficient (Wildman–Crippen LogP) is 3.87. The van der Waals surface area contributed by atoms with Crippen LogP contribution >= 0.6 is 11.3 Å². The predicted molar refractivity (Wildman–Crippen MR) is 65.2 cm³/mol. The summed E-state index contributed by atoms with van der Waals surface area (Å²) in [5.41, 5.74) is 3.33. The molecule has 0 amide bonds. The Hall–Kier alpha value is -1.67. The molecule has 0 bridgehead atoms. The first kappa shape index (κ1) is 9.87. The van der Waals surface area contributed by atoms with Gasteiger partial charge in [-0.25, -0.2) is 0 Å². The molecule has 1 heterocycles. The number of carbonyl (C=O) groups is 1. The number of hydrogen-bond donors (Lipinski definition) is 0. The lowest BCUT2D eigenvalue weighted by molar-refractivity contribution is 0.112. The maximum Gasteiger partial charge on any atom is 0.160 e. The fourth-order valence-corrected chi connectivity index (χ4v) is 2.10. The molecule has 0 saturated heterocycles. The molecule has 2 heteroatoms. The van der Waals surface area contributed by atoms with Crippen molar-refractivity contribution >= 4 is 23.7 Å². The minimum atomic E-state index is 0.762. The molecule has 0 fully saturated rings. The van der Waals surface area contributed by atoms with Gasteiger partial charge in [0.15, 0.2) is 6.29 Å². The summed E-state index contributed by atoms with van der Waals surface area (Å²) >= 11 is 1.47. The summed E-state index contributed by atoms with van der Waals surface area (Å²) in [6, 6.07) is 10.0. The smallest absolute Gasteiger partial charge is 0.160 e. The Labute approximate surface area is 92.7 Å². The van der Waals surface area contributed by atoms with Gasteiger partial charge >= 0.3 is 0 Å². The quantitative estimate of drug-likeness (QED) is 0.709. The van der Waals surface area contributed by atoms with Gasteiger partial charge in [-0.1, -0.05) is 36.9 Å². The molecule has 0 saturated carbocycles. The van der Waals surface area contributed by atoms with Crippen LogP contribution in [0.5, 0.6) is 0 Å². The zero-order chi connectivity index (χ0) is 10.7. The van der Waals surface area contributed by atoms with Gasteiger partial charge in [-0.05, 0) is 28.1 Å². The highest BCUT2D eigenvalue weighted by Crippen LogP contribution is 2.25. The third kappa shape index (κ3) is 2.05. The second-order valence-electron chi connectivity index (χ2n) is 3.18. The highest BCUT2D eigenvalue weighted by atomic mass is 32.1. The van der Waals surface area contributed by atoms with Gasteiger partial charge in [-0.15, -0.1) is 11.3 Å². The van der Waals surface area contributed by atoms with Crippen LogP contribution in [0.4, 0.5) is 0 Å². The highest BCUT2D eigenvalue weighted by molar-refractivity contribution is 7.12. The maximum atomic E-state index is 10.5. The van der Waals surface area contributed by atoms with Crippen LogP contribution in [0, 0.1) is 0 Å². The fourth-order valence-electron chi connectivity index (χ4n) is 1.38. The number of rotatable bonds is 3. The van der Waals surface area contributed by atoms with E-state index in [2.05, 4.69) is 6.58 Å². The Kier molecular flexibility index (Phi) is 2.79. The van der Waals surface area contributed by atoms with Gasteiger partial charge in [0.25, 0.3) is 0 Å². The van der Waals surface area contributed by atoms with Crippen LogP contribution in [-0.2, 0) is 0 Å². The van der Waals surface area contributed by atoms with E-state index in [0.29, 0.717) is 0 Å². The minimum Gasteiger partial charge on any atom is -0.297 e. The van der Waals surface area contributed by atoms with E-state index in [-0.39, 0.29) is 0 Å². The van der Waals surface area contributed by atoms with Gasteiger partial charge in [0, 0.05) is 0 Å². The van der Waals surface area contributed by atoms with Crippen LogP contribution in [0.3, 0.4) is 0 Å². The largest absolute Gasteiger partial charge is 0.297 e. The maximum absolute atomic E-state index is 10.5. The first-order valence-corrected chi connectivity index (χ1v) is 5.48. The molecule has 0 radical (unpaired) electrons. The zero-order valence-electron chi connectivity index (χ0n) is 8.14. The summed E-state index contributed by atoms with van der Waals surface area (Å²) in [4.78, 5) is 11.3. The standard InChI is InChI=1S/C13H10OS/c1-2-10-3-5-11(6-4-10)12-7-13(8-14)15-9-12/h2-9H,1H2. The molecule has 0 aliphatic heterocycles. The molecule has 0 aliphatic carbocycles. The second kappa shape index (κ2) is 4.24. The van der Waals surface area contributed by atoms with Crippen LogP contribution < -0.4 is 0 Å². The van der Waals surface area contributed by atoms with E-state index in [1.807, 2.05) is 41.8 Å². The van der Waals surface area contributed by atoms with Crippen LogP contribution in [0.15, 0.2) is 42.3 Å². The Bertz CT molecular complexity index is 479. The molecule has 0 atom stereocenters. The van der Waals surface area contributed by atoms with Crippen molar-refractivity contribution in [3.63, 3.8) is 0 Å². The van der Waals surface area contributed by atoms with E-state index >= 15 is 0 Å². The topological polar surface area (TPSA) is 17.1 Å². The molecular formula is C13H10OS. The van der Waals surface area contributed by atoms with Crippen molar-refractivity contribution in [2.75, 3.05) is 0 Å². The monoisotopic (exact) mass is 214 g/mol. The van der Waals surface area contributed by atoms with Crippen LogP contribution in [-0.4, -0.2) is 6.29 Å². The number of carbonyl (C=O) groups excluding carboxylic acids is 1. The molecule has 15 heavy (non-hydrogen) atoms. The average Bonchev–Trinajstić information content (AvgIpc) is 2.78. The van der Waals surface area contributed by atoms with Gasteiger partial charge in [-0.3, -0.25) is 4.79 Å². The van der Waals surface area contributed by atoms with Gasteiger partial charge < -0.3 is 0 Å². The average molecular weight is 214 g/mol. The van der Waals surface area contributed by atoms with Crippen molar-refractivity contribution in [2.24, 2.45) is 0 Å². The van der Waals surface area contributed by atoms with Gasteiger partial charge in [-0.2, -0.15) is 0 Å². The Morgan fingerprint density at radius 3 is 2.40 bits per heavy atom. The van der Waals surface area contributed by atoms with Crippen molar-refractivity contribution in [1.29, 1.82) is 0 Å². The summed E-state index contributed by atoms with van der Waals surface area (Å²) in [5.74, 6) is 0. The van der Waals surface area contributed by atoms with Crippen molar-refractivity contribution in [2.45, 2.75) is 0 Å². The lowest BCUT2D eigenvalue weighted by atomic mass is 10.1. The summed E-state index contributed by atoms with van der Waals surface area (Å²) < 4.78 is 0. The number of aldehydes is 1. The number of thiophene rings is 1. The minimum absolute atomic E-state index is 0.762. The third-order valence-electron chi connectivity index (χ3n) is 2.22. The molecule has 0 N–H and O–H groups in total. The van der Waals surface area contributed by atoms with E-state index in [0.717, 1.165) is 27.9 Å². The van der Waals surface area contributed by atoms with E-state index in [1.165, 1.54) is 11.3 Å². The van der Waals surface area contributed by atoms with Gasteiger partial charge in [0.2, 0.25) is 0 Å². The molecule has 0 spiro atoms. The van der Waals surface area contributed by atoms with Crippen LogP contribution in [0.2, 0.25) is 0 Å². The number of hydrogen-bond acceptors (Lipinski definition) is 2. The normalized spacial score (nSPS) is 9.87. The van der Waals surface area contributed by atoms with Crippen molar-refractivity contribution in [1.82, 2.24) is 0 Å². The summed E-state index contributed by atoms with van der Waals surface area (Å²) in [6.07, 6.45) is 2.69. The molecule has 0 unspecified atom stereocenters. The van der Waals surface area contributed by atoms with E-state index in [9.17, 15) is 4.79 Å². The molecule has 1 nitrogen and oxygen atoms in total. The molecular weight excluding hydrogens is 204 g/mol. The second-order valence-corrected chi connectivity index (χ2v) is 4.12. The third-order valence-corrected chi connectivity index (χ3v) is 3.07. The Morgan fingerprint density at radius 1 is 1.13 bits per heavy atom. The molecule has 2 aromatic rings. The first-order valence-electron chi connectivity index (χ1n) is 4.60. The van der Waals surface area contributed by atoms with Crippen LogP contribution in [0.25, 0.3) is 17.2 Å². The lowest BCUT2D eigenvalue weighted by Crippen LogP contribution is -1.75. The molecule has 1 aromatic heterocycles. The van der Waals surface area contributed by atoms with Crippen LogP contribution in [0.1, 0.15) is 15.2 Å². The zero-order valence-corrected chi connectivity index (χ0v) is 8.96. The van der Waals surface area contributed by atoms with Gasteiger partial charge in [0.05, 0.1) is 4.88 Å². The molecule has 2 rings (SSSR count). The van der Waals surface area contributed by atoms with Crippen molar-refractivity contribution in [3.05, 3.63) is 52.7 Å².